The van der Waals surface area contributed by atoms with Crippen LogP contribution in [0.4, 0.5) is 5.69 Å². The average molecular weight is 331 g/mol. The van der Waals surface area contributed by atoms with Gasteiger partial charge in [0.2, 0.25) is 5.56 Å². The van der Waals surface area contributed by atoms with Gasteiger partial charge in [0.25, 0.3) is 5.91 Å². The molecule has 0 aliphatic carbocycles. The molecule has 0 aliphatic heterocycles. The Balaban J connectivity index is 1.96. The zero-order valence-electron chi connectivity index (χ0n) is 14.0. The van der Waals surface area contributed by atoms with Gasteiger partial charge in [-0.05, 0) is 41.8 Å². The summed E-state index contributed by atoms with van der Waals surface area (Å²) in [6.45, 7) is 4.07. The second-order valence-corrected chi connectivity index (χ2v) is 6.15. The smallest absolute Gasteiger partial charge is 0.255 e. The number of hydrogen-bond acceptors (Lipinski definition) is 3. The van der Waals surface area contributed by atoms with Crippen LogP contribution in [-0.2, 0) is 0 Å². The number of fused-ring (bicyclic) bond motifs is 1. The van der Waals surface area contributed by atoms with Crippen LogP contribution in [0.5, 0.6) is 0 Å². The molecule has 0 radical (unpaired) electrons. The van der Waals surface area contributed by atoms with Crippen LogP contribution in [0.15, 0.2) is 53.3 Å². The molecule has 3 rings (SSSR count). The Morgan fingerprint density at radius 1 is 1.16 bits per heavy atom. The first-order valence-corrected chi connectivity index (χ1v) is 7.96. The Kier molecular flexibility index (Phi) is 4.36. The maximum absolute atomic E-state index is 12.4. The van der Waals surface area contributed by atoms with Crippen molar-refractivity contribution in [3.05, 3.63) is 75.6 Å². The van der Waals surface area contributed by atoms with Crippen LogP contribution in [0, 0.1) is 11.3 Å². The maximum Gasteiger partial charge on any atom is 0.255 e. The van der Waals surface area contributed by atoms with Crippen molar-refractivity contribution in [3.63, 3.8) is 0 Å². The van der Waals surface area contributed by atoms with E-state index in [1.165, 1.54) is 6.07 Å². The van der Waals surface area contributed by atoms with Crippen LogP contribution in [0.3, 0.4) is 0 Å². The number of anilines is 1. The summed E-state index contributed by atoms with van der Waals surface area (Å²) in [7, 11) is 0. The molecule has 1 amide bonds. The van der Waals surface area contributed by atoms with Crippen molar-refractivity contribution in [2.75, 3.05) is 5.32 Å². The van der Waals surface area contributed by atoms with E-state index in [4.69, 9.17) is 5.26 Å². The molecule has 25 heavy (non-hydrogen) atoms. The number of aromatic nitrogens is 1. The summed E-state index contributed by atoms with van der Waals surface area (Å²) in [6, 6.07) is 15.6. The molecule has 0 atom stereocenters. The maximum atomic E-state index is 12.4. The van der Waals surface area contributed by atoms with Crippen LogP contribution in [0.2, 0.25) is 0 Å². The molecule has 2 N–H and O–H groups in total. The average Bonchev–Trinajstić information content (AvgIpc) is 2.60. The number of nitrogens with zero attached hydrogens (tertiary/aromatic N) is 1. The molecular weight excluding hydrogens is 314 g/mol. The number of carbonyl (C=O) groups is 1. The molecule has 1 aromatic heterocycles. The van der Waals surface area contributed by atoms with E-state index in [-0.39, 0.29) is 17.4 Å². The van der Waals surface area contributed by atoms with Crippen LogP contribution >= 0.6 is 0 Å². The molecule has 0 aliphatic rings. The summed E-state index contributed by atoms with van der Waals surface area (Å²) in [6.07, 6.45) is 0. The third-order valence-corrected chi connectivity index (χ3v) is 4.01. The number of H-pyrrole nitrogens is 1. The van der Waals surface area contributed by atoms with Gasteiger partial charge in [-0.3, -0.25) is 9.59 Å². The first kappa shape index (κ1) is 16.5. The van der Waals surface area contributed by atoms with Crippen molar-refractivity contribution >= 4 is 22.5 Å². The molecule has 2 aromatic carbocycles. The molecule has 0 saturated carbocycles. The largest absolute Gasteiger partial charge is 0.322 e. The number of hydrogen-bond donors (Lipinski definition) is 2. The number of pyridine rings is 1. The molecule has 124 valence electrons. The summed E-state index contributed by atoms with van der Waals surface area (Å²) in [5, 5.41) is 12.7. The highest BCUT2D eigenvalue weighted by Gasteiger charge is 2.10. The van der Waals surface area contributed by atoms with E-state index in [0.29, 0.717) is 22.3 Å². The van der Waals surface area contributed by atoms with Gasteiger partial charge in [0.15, 0.2) is 0 Å². The first-order valence-electron chi connectivity index (χ1n) is 7.96. The highest BCUT2D eigenvalue weighted by Crippen LogP contribution is 2.25. The standard InChI is InChI=1S/C20H17N3O2/c1-12(2)17-10-19(24)23-18-9-15(6-7-16(17)18)22-20(25)14-5-3-4-13(8-14)11-21/h3-10,12H,1-2H3,(H,22,25)(H,23,24). The molecule has 5 heteroatoms. The third kappa shape index (κ3) is 3.43. The van der Waals surface area contributed by atoms with Gasteiger partial charge in [-0.1, -0.05) is 26.0 Å². The van der Waals surface area contributed by atoms with E-state index < -0.39 is 0 Å². The van der Waals surface area contributed by atoms with Gasteiger partial charge in [-0.2, -0.15) is 5.26 Å². The van der Waals surface area contributed by atoms with Crippen molar-refractivity contribution in [3.8, 4) is 6.07 Å². The summed E-state index contributed by atoms with van der Waals surface area (Å²) < 4.78 is 0. The van der Waals surface area contributed by atoms with E-state index in [2.05, 4.69) is 10.3 Å². The van der Waals surface area contributed by atoms with Crippen molar-refractivity contribution in [2.24, 2.45) is 0 Å². The lowest BCUT2D eigenvalue weighted by molar-refractivity contribution is 0.102. The second-order valence-electron chi connectivity index (χ2n) is 6.15. The van der Waals surface area contributed by atoms with Crippen molar-refractivity contribution in [1.82, 2.24) is 4.98 Å². The zero-order valence-corrected chi connectivity index (χ0v) is 14.0. The topological polar surface area (TPSA) is 85.8 Å². The lowest BCUT2D eigenvalue weighted by Crippen LogP contribution is -2.12. The molecule has 0 fully saturated rings. The van der Waals surface area contributed by atoms with Gasteiger partial charge in [0, 0.05) is 22.7 Å². The minimum atomic E-state index is -0.307. The lowest BCUT2D eigenvalue weighted by Gasteiger charge is -2.11. The highest BCUT2D eigenvalue weighted by atomic mass is 16.1. The Labute approximate surface area is 144 Å². The van der Waals surface area contributed by atoms with Crippen LogP contribution in [0.1, 0.15) is 41.3 Å². The Morgan fingerprint density at radius 2 is 1.96 bits per heavy atom. The van der Waals surface area contributed by atoms with Crippen LogP contribution in [0.25, 0.3) is 10.9 Å². The third-order valence-electron chi connectivity index (χ3n) is 4.01. The number of nitrogens with one attached hydrogen (secondary N) is 2. The number of aromatic amines is 1. The molecule has 1 heterocycles. The van der Waals surface area contributed by atoms with E-state index >= 15 is 0 Å². The highest BCUT2D eigenvalue weighted by molar-refractivity contribution is 6.05. The Hall–Kier alpha value is -3.39. The van der Waals surface area contributed by atoms with E-state index in [1.807, 2.05) is 26.0 Å². The molecular formula is C20H17N3O2. The SMILES string of the molecule is CC(C)c1cc(=O)[nH]c2cc(NC(=O)c3cccc(C#N)c3)ccc12. The summed E-state index contributed by atoms with van der Waals surface area (Å²) in [5.41, 5.74) is 2.90. The number of rotatable bonds is 3. The molecule has 5 nitrogen and oxygen atoms in total. The van der Waals surface area contributed by atoms with Gasteiger partial charge >= 0.3 is 0 Å². The zero-order chi connectivity index (χ0) is 18.0. The molecule has 0 spiro atoms. The fourth-order valence-corrected chi connectivity index (χ4v) is 2.78. The second kappa shape index (κ2) is 6.62. The lowest BCUT2D eigenvalue weighted by atomic mass is 9.99. The first-order chi connectivity index (χ1) is 12.0. The monoisotopic (exact) mass is 331 g/mol. The summed E-state index contributed by atoms with van der Waals surface area (Å²) >= 11 is 0. The minimum absolute atomic E-state index is 0.165. The summed E-state index contributed by atoms with van der Waals surface area (Å²) in [4.78, 5) is 27.0. The van der Waals surface area contributed by atoms with E-state index in [1.54, 1.807) is 36.4 Å². The summed E-state index contributed by atoms with van der Waals surface area (Å²) in [5.74, 6) is -0.0854. The van der Waals surface area contributed by atoms with Gasteiger partial charge in [0.1, 0.15) is 0 Å². The number of benzene rings is 2. The van der Waals surface area contributed by atoms with Crippen LogP contribution in [-0.4, -0.2) is 10.9 Å². The molecule has 0 unspecified atom stereocenters. The normalized spacial score (nSPS) is 10.6. The number of carbonyl (C=O) groups excluding carboxylic acids is 1. The van der Waals surface area contributed by atoms with E-state index in [9.17, 15) is 9.59 Å². The quantitative estimate of drug-likeness (QED) is 0.766. The van der Waals surface area contributed by atoms with Gasteiger partial charge in [-0.25, -0.2) is 0 Å². The van der Waals surface area contributed by atoms with Gasteiger partial charge < -0.3 is 10.3 Å². The molecule has 3 aromatic rings. The molecule has 0 saturated heterocycles. The fourth-order valence-electron chi connectivity index (χ4n) is 2.78. The van der Waals surface area contributed by atoms with E-state index in [0.717, 1.165) is 10.9 Å². The van der Waals surface area contributed by atoms with Crippen molar-refractivity contribution in [1.29, 1.82) is 5.26 Å². The van der Waals surface area contributed by atoms with Gasteiger partial charge in [-0.15, -0.1) is 0 Å². The Morgan fingerprint density at radius 3 is 2.68 bits per heavy atom. The van der Waals surface area contributed by atoms with Gasteiger partial charge in [0.05, 0.1) is 17.1 Å². The number of nitriles is 1. The minimum Gasteiger partial charge on any atom is -0.322 e. The predicted molar refractivity (Wildman–Crippen MR) is 97.8 cm³/mol. The molecule has 0 bridgehead atoms. The van der Waals surface area contributed by atoms with Crippen molar-refractivity contribution in [2.45, 2.75) is 19.8 Å². The van der Waals surface area contributed by atoms with Crippen molar-refractivity contribution < 1.29 is 4.79 Å². The van der Waals surface area contributed by atoms with Crippen LogP contribution < -0.4 is 10.9 Å². The number of amides is 1. The fraction of sp³-hybridized carbons (Fsp3) is 0.150. The predicted octanol–water partition coefficient (Wildman–Crippen LogP) is 3.78. The Bertz CT molecular complexity index is 1060.